The normalized spacial score (nSPS) is 12.6. The molecule has 0 bridgehead atoms. The zero-order valence-electron chi connectivity index (χ0n) is 10.5. The number of nitrogens with zero attached hydrogens (tertiary/aromatic N) is 3. The number of aromatic nitrogens is 3. The van der Waals surface area contributed by atoms with Crippen LogP contribution in [0.15, 0.2) is 36.7 Å². The van der Waals surface area contributed by atoms with Crippen LogP contribution in [0, 0.1) is 6.92 Å². The average molecular weight is 246 g/mol. The van der Waals surface area contributed by atoms with E-state index in [0.717, 1.165) is 11.4 Å². The van der Waals surface area contributed by atoms with E-state index in [9.17, 15) is 5.11 Å². The largest absolute Gasteiger partial charge is 0.390 e. The van der Waals surface area contributed by atoms with Crippen molar-refractivity contribution < 1.29 is 5.11 Å². The lowest BCUT2D eigenvalue weighted by Crippen LogP contribution is -2.30. The fraction of sp³-hybridized carbons (Fsp3) is 0.385. The van der Waals surface area contributed by atoms with Crippen molar-refractivity contribution in [1.82, 2.24) is 20.1 Å². The summed E-state index contributed by atoms with van der Waals surface area (Å²) in [5.41, 5.74) is 1.99. The van der Waals surface area contributed by atoms with E-state index in [0.29, 0.717) is 19.6 Å². The third kappa shape index (κ3) is 3.94. The highest BCUT2D eigenvalue weighted by Gasteiger charge is 2.05. The molecule has 2 rings (SSSR count). The topological polar surface area (TPSA) is 63.0 Å². The van der Waals surface area contributed by atoms with Gasteiger partial charge in [0, 0.05) is 31.2 Å². The predicted octanol–water partition coefficient (Wildman–Crippen LogP) is 0.737. The quantitative estimate of drug-likeness (QED) is 0.789. The first kappa shape index (κ1) is 12.7. The molecule has 0 saturated carbocycles. The van der Waals surface area contributed by atoms with Gasteiger partial charge in [0.05, 0.1) is 18.3 Å². The van der Waals surface area contributed by atoms with Gasteiger partial charge in [0.25, 0.3) is 0 Å². The van der Waals surface area contributed by atoms with Gasteiger partial charge in [-0.15, -0.1) is 0 Å². The first-order valence-electron chi connectivity index (χ1n) is 6.03. The highest BCUT2D eigenvalue weighted by Crippen LogP contribution is 1.97. The molecule has 2 heterocycles. The Bertz CT molecular complexity index is 470. The molecule has 2 aromatic rings. The molecule has 0 amide bonds. The van der Waals surface area contributed by atoms with E-state index in [4.69, 9.17) is 0 Å². The summed E-state index contributed by atoms with van der Waals surface area (Å²) in [7, 11) is 0. The fourth-order valence-electron chi connectivity index (χ4n) is 1.75. The summed E-state index contributed by atoms with van der Waals surface area (Å²) >= 11 is 0. The van der Waals surface area contributed by atoms with Crippen LogP contribution in [0.5, 0.6) is 0 Å². The Hall–Kier alpha value is -1.72. The number of aryl methyl sites for hydroxylation is 1. The zero-order chi connectivity index (χ0) is 12.8. The minimum atomic E-state index is -0.449. The van der Waals surface area contributed by atoms with Crippen LogP contribution in [0.3, 0.4) is 0 Å². The van der Waals surface area contributed by atoms with Gasteiger partial charge in [0.15, 0.2) is 0 Å². The predicted molar refractivity (Wildman–Crippen MR) is 68.9 cm³/mol. The standard InChI is InChI=1S/C13H18N4O/c1-11-4-2-5-12(16-11)8-14-9-13(18)10-17-7-3-6-15-17/h2-7,13-14,18H,8-10H2,1H3. The van der Waals surface area contributed by atoms with Gasteiger partial charge in [-0.2, -0.15) is 5.10 Å². The van der Waals surface area contributed by atoms with Gasteiger partial charge in [-0.25, -0.2) is 0 Å². The minimum Gasteiger partial charge on any atom is -0.390 e. The van der Waals surface area contributed by atoms with Crippen molar-refractivity contribution in [2.45, 2.75) is 26.1 Å². The van der Waals surface area contributed by atoms with E-state index >= 15 is 0 Å². The number of hydrogen-bond donors (Lipinski definition) is 2. The van der Waals surface area contributed by atoms with Crippen molar-refractivity contribution in [3.8, 4) is 0 Å². The highest BCUT2D eigenvalue weighted by atomic mass is 16.3. The maximum Gasteiger partial charge on any atom is 0.0860 e. The number of rotatable bonds is 6. The lowest BCUT2D eigenvalue weighted by Gasteiger charge is -2.11. The summed E-state index contributed by atoms with van der Waals surface area (Å²) in [6.45, 7) is 3.66. The average Bonchev–Trinajstić information content (AvgIpc) is 2.82. The van der Waals surface area contributed by atoms with Crippen molar-refractivity contribution in [2.75, 3.05) is 6.54 Å². The van der Waals surface area contributed by atoms with Gasteiger partial charge < -0.3 is 10.4 Å². The molecule has 18 heavy (non-hydrogen) atoms. The molecule has 0 aliphatic heterocycles. The third-order valence-electron chi connectivity index (χ3n) is 2.59. The van der Waals surface area contributed by atoms with Crippen LogP contribution in [-0.2, 0) is 13.1 Å². The number of aliphatic hydroxyl groups is 1. The molecule has 2 N–H and O–H groups in total. The SMILES string of the molecule is Cc1cccc(CNCC(O)Cn2cccn2)n1. The molecule has 5 nitrogen and oxygen atoms in total. The fourth-order valence-corrected chi connectivity index (χ4v) is 1.75. The van der Waals surface area contributed by atoms with Gasteiger partial charge in [0.2, 0.25) is 0 Å². The second kappa shape index (κ2) is 6.28. The third-order valence-corrected chi connectivity index (χ3v) is 2.59. The molecule has 0 saturated heterocycles. The van der Waals surface area contributed by atoms with Gasteiger partial charge in [-0.1, -0.05) is 6.07 Å². The van der Waals surface area contributed by atoms with Crippen LogP contribution in [0.1, 0.15) is 11.4 Å². The monoisotopic (exact) mass is 246 g/mol. The van der Waals surface area contributed by atoms with E-state index in [2.05, 4.69) is 15.4 Å². The number of hydrogen-bond acceptors (Lipinski definition) is 4. The van der Waals surface area contributed by atoms with Crippen molar-refractivity contribution in [3.05, 3.63) is 48.0 Å². The van der Waals surface area contributed by atoms with E-state index in [-0.39, 0.29) is 0 Å². The second-order valence-electron chi connectivity index (χ2n) is 4.28. The Morgan fingerprint density at radius 1 is 1.39 bits per heavy atom. The van der Waals surface area contributed by atoms with Crippen LogP contribution in [0.4, 0.5) is 0 Å². The maximum atomic E-state index is 9.81. The Kier molecular flexibility index (Phi) is 4.44. The maximum absolute atomic E-state index is 9.81. The van der Waals surface area contributed by atoms with E-state index in [1.54, 1.807) is 10.9 Å². The molecule has 0 aromatic carbocycles. The smallest absolute Gasteiger partial charge is 0.0860 e. The van der Waals surface area contributed by atoms with Crippen LogP contribution < -0.4 is 5.32 Å². The summed E-state index contributed by atoms with van der Waals surface area (Å²) in [6.07, 6.45) is 3.09. The first-order valence-corrected chi connectivity index (χ1v) is 6.03. The molecular formula is C13H18N4O. The molecule has 96 valence electrons. The van der Waals surface area contributed by atoms with E-state index < -0.39 is 6.10 Å². The number of nitrogens with one attached hydrogen (secondary N) is 1. The van der Waals surface area contributed by atoms with Crippen LogP contribution >= 0.6 is 0 Å². The van der Waals surface area contributed by atoms with Gasteiger partial charge >= 0.3 is 0 Å². The zero-order valence-corrected chi connectivity index (χ0v) is 10.5. The Labute approximate surface area is 106 Å². The summed E-state index contributed by atoms with van der Waals surface area (Å²) in [5, 5.41) is 17.0. The first-order chi connectivity index (χ1) is 8.74. The summed E-state index contributed by atoms with van der Waals surface area (Å²) in [6, 6.07) is 7.77. The van der Waals surface area contributed by atoms with E-state index in [1.165, 1.54) is 0 Å². The Morgan fingerprint density at radius 3 is 3.00 bits per heavy atom. The van der Waals surface area contributed by atoms with Crippen molar-refractivity contribution in [1.29, 1.82) is 0 Å². The molecule has 0 aliphatic rings. The van der Waals surface area contributed by atoms with E-state index in [1.807, 2.05) is 37.4 Å². The van der Waals surface area contributed by atoms with Crippen LogP contribution in [0.2, 0.25) is 0 Å². The molecule has 1 unspecified atom stereocenters. The molecule has 0 spiro atoms. The van der Waals surface area contributed by atoms with Crippen LogP contribution in [-0.4, -0.2) is 32.5 Å². The van der Waals surface area contributed by atoms with Gasteiger partial charge in [-0.3, -0.25) is 9.67 Å². The van der Waals surface area contributed by atoms with Gasteiger partial charge in [-0.05, 0) is 25.1 Å². The summed E-state index contributed by atoms with van der Waals surface area (Å²) < 4.78 is 1.72. The highest BCUT2D eigenvalue weighted by molar-refractivity contribution is 5.09. The molecule has 2 aromatic heterocycles. The Morgan fingerprint density at radius 2 is 2.28 bits per heavy atom. The molecule has 5 heteroatoms. The van der Waals surface area contributed by atoms with Crippen molar-refractivity contribution in [2.24, 2.45) is 0 Å². The summed E-state index contributed by atoms with van der Waals surface area (Å²) in [5.74, 6) is 0. The second-order valence-corrected chi connectivity index (χ2v) is 4.28. The number of aliphatic hydroxyl groups excluding tert-OH is 1. The van der Waals surface area contributed by atoms with Crippen LogP contribution in [0.25, 0.3) is 0 Å². The lowest BCUT2D eigenvalue weighted by atomic mass is 10.3. The molecule has 1 atom stereocenters. The van der Waals surface area contributed by atoms with Crippen molar-refractivity contribution >= 4 is 0 Å². The molecule has 0 fully saturated rings. The summed E-state index contributed by atoms with van der Waals surface area (Å²) in [4.78, 5) is 4.38. The van der Waals surface area contributed by atoms with Crippen molar-refractivity contribution in [3.63, 3.8) is 0 Å². The number of pyridine rings is 1. The lowest BCUT2D eigenvalue weighted by molar-refractivity contribution is 0.146. The molecular weight excluding hydrogens is 228 g/mol. The molecule has 0 radical (unpaired) electrons. The molecule has 0 aliphatic carbocycles. The van der Waals surface area contributed by atoms with Gasteiger partial charge in [0.1, 0.15) is 0 Å². The minimum absolute atomic E-state index is 0.449. The Balaban J connectivity index is 1.72.